The molecule has 0 radical (unpaired) electrons. The number of benzene rings is 1. The third-order valence-electron chi connectivity index (χ3n) is 4.78. The maximum absolute atomic E-state index is 12.4. The molecule has 0 amide bonds. The van der Waals surface area contributed by atoms with Crippen molar-refractivity contribution in [1.82, 2.24) is 0 Å². The van der Waals surface area contributed by atoms with Crippen LogP contribution in [0.25, 0.3) is 0 Å². The number of hydrogen-bond acceptors (Lipinski definition) is 3. The van der Waals surface area contributed by atoms with Crippen molar-refractivity contribution in [3.63, 3.8) is 0 Å². The maximum atomic E-state index is 12.4. The van der Waals surface area contributed by atoms with Crippen molar-refractivity contribution < 1.29 is 15.0 Å². The Balaban J connectivity index is 2.35. The van der Waals surface area contributed by atoms with Crippen molar-refractivity contribution in [2.75, 3.05) is 0 Å². The number of unbranched alkanes of at least 4 members (excludes halogenated alkanes) is 9. The van der Waals surface area contributed by atoms with E-state index < -0.39 is 0 Å². The number of rotatable bonds is 14. The summed E-state index contributed by atoms with van der Waals surface area (Å²) in [6, 6.07) is 3.32. The van der Waals surface area contributed by atoms with Crippen molar-refractivity contribution in [2.24, 2.45) is 0 Å². The smallest absolute Gasteiger partial charge is 0.168 e. The van der Waals surface area contributed by atoms with Crippen LogP contribution in [0.1, 0.15) is 107 Å². The van der Waals surface area contributed by atoms with Gasteiger partial charge in [-0.25, -0.2) is 0 Å². The van der Waals surface area contributed by atoms with Gasteiger partial charge in [0.15, 0.2) is 17.3 Å². The molecule has 0 atom stereocenters. The highest BCUT2D eigenvalue weighted by Crippen LogP contribution is 2.32. The van der Waals surface area contributed by atoms with E-state index in [1.807, 2.05) is 0 Å². The third kappa shape index (κ3) is 8.42. The van der Waals surface area contributed by atoms with E-state index in [1.54, 1.807) is 12.1 Å². The lowest BCUT2D eigenvalue weighted by molar-refractivity contribution is 0.0975. The van der Waals surface area contributed by atoms with Gasteiger partial charge < -0.3 is 10.2 Å². The molecule has 0 fully saturated rings. The minimum atomic E-state index is -0.263. The summed E-state index contributed by atoms with van der Waals surface area (Å²) in [5.41, 5.74) is 1.21. The monoisotopic (exact) mass is 348 g/mol. The summed E-state index contributed by atoms with van der Waals surface area (Å²) >= 11 is 0. The molecule has 0 bridgehead atoms. The van der Waals surface area contributed by atoms with E-state index in [0.717, 1.165) is 37.7 Å². The van der Waals surface area contributed by atoms with Gasteiger partial charge in [-0.05, 0) is 37.0 Å². The first-order chi connectivity index (χ1) is 12.1. The Morgan fingerprint density at radius 1 is 0.800 bits per heavy atom. The zero-order valence-corrected chi connectivity index (χ0v) is 16.1. The number of Topliss-reactive ketones (excluding diaryl/α,β-unsaturated/α-hetero) is 1. The number of hydrogen-bond donors (Lipinski definition) is 2. The molecule has 0 saturated carbocycles. The van der Waals surface area contributed by atoms with Crippen LogP contribution in [0.15, 0.2) is 12.1 Å². The van der Waals surface area contributed by atoms with E-state index in [1.165, 1.54) is 44.9 Å². The molecule has 1 aromatic rings. The van der Waals surface area contributed by atoms with Gasteiger partial charge in [-0.1, -0.05) is 71.6 Å². The molecule has 0 aliphatic heterocycles. The Labute approximate surface area is 153 Å². The molecule has 3 nitrogen and oxygen atoms in total. The van der Waals surface area contributed by atoms with Crippen LogP contribution in [-0.4, -0.2) is 16.0 Å². The molecule has 3 heteroatoms. The number of phenols is 2. The maximum Gasteiger partial charge on any atom is 0.168 e. The average Bonchev–Trinajstić information content (AvgIpc) is 2.60. The highest BCUT2D eigenvalue weighted by molar-refractivity contribution is 5.99. The van der Waals surface area contributed by atoms with Crippen molar-refractivity contribution >= 4 is 5.78 Å². The van der Waals surface area contributed by atoms with Crippen LogP contribution in [0.4, 0.5) is 0 Å². The van der Waals surface area contributed by atoms with Gasteiger partial charge >= 0.3 is 0 Å². The molecule has 0 spiro atoms. The fraction of sp³-hybridized carbons (Fsp3) is 0.682. The quantitative estimate of drug-likeness (QED) is 0.228. The van der Waals surface area contributed by atoms with Gasteiger partial charge in [0.1, 0.15) is 0 Å². The zero-order chi connectivity index (χ0) is 18.5. The number of aryl methyl sites for hydroxylation is 1. The summed E-state index contributed by atoms with van der Waals surface area (Å²) in [7, 11) is 0. The normalized spacial score (nSPS) is 11.0. The van der Waals surface area contributed by atoms with Gasteiger partial charge in [0, 0.05) is 6.42 Å². The van der Waals surface area contributed by atoms with Crippen LogP contribution < -0.4 is 0 Å². The number of phenolic OH excluding ortho intramolecular Hbond substituents is 2. The molecule has 0 heterocycles. The predicted octanol–water partition coefficient (Wildman–Crippen LogP) is 6.54. The van der Waals surface area contributed by atoms with Crippen LogP contribution >= 0.6 is 0 Å². The van der Waals surface area contributed by atoms with Crippen molar-refractivity contribution in [2.45, 2.75) is 97.3 Å². The Kier molecular flexibility index (Phi) is 11.0. The summed E-state index contributed by atoms with van der Waals surface area (Å²) in [4.78, 5) is 12.4. The lowest BCUT2D eigenvalue weighted by Gasteiger charge is -2.09. The first kappa shape index (κ1) is 21.5. The van der Waals surface area contributed by atoms with E-state index in [4.69, 9.17) is 0 Å². The molecule has 2 N–H and O–H groups in total. The van der Waals surface area contributed by atoms with E-state index in [0.29, 0.717) is 6.42 Å². The minimum Gasteiger partial charge on any atom is -0.504 e. The highest BCUT2D eigenvalue weighted by atomic mass is 16.3. The van der Waals surface area contributed by atoms with Gasteiger partial charge in [-0.3, -0.25) is 4.79 Å². The lowest BCUT2D eigenvalue weighted by Crippen LogP contribution is -2.01. The Morgan fingerprint density at radius 3 is 1.96 bits per heavy atom. The second-order valence-corrected chi connectivity index (χ2v) is 7.12. The average molecular weight is 349 g/mol. The zero-order valence-electron chi connectivity index (χ0n) is 16.1. The first-order valence-electron chi connectivity index (χ1n) is 10.2. The summed E-state index contributed by atoms with van der Waals surface area (Å²) in [5.74, 6) is -0.501. The van der Waals surface area contributed by atoms with Crippen molar-refractivity contribution in [1.29, 1.82) is 0 Å². The fourth-order valence-electron chi connectivity index (χ4n) is 3.15. The molecular weight excluding hydrogens is 312 g/mol. The van der Waals surface area contributed by atoms with E-state index >= 15 is 0 Å². The Bertz CT molecular complexity index is 508. The predicted molar refractivity (Wildman–Crippen MR) is 105 cm³/mol. The molecule has 0 aliphatic rings. The summed E-state index contributed by atoms with van der Waals surface area (Å²) < 4.78 is 0. The van der Waals surface area contributed by atoms with Gasteiger partial charge in [0.2, 0.25) is 0 Å². The van der Waals surface area contributed by atoms with E-state index in [9.17, 15) is 15.0 Å². The highest BCUT2D eigenvalue weighted by Gasteiger charge is 2.15. The van der Waals surface area contributed by atoms with E-state index in [2.05, 4.69) is 13.8 Å². The molecule has 0 aliphatic carbocycles. The minimum absolute atomic E-state index is 0.0610. The van der Waals surface area contributed by atoms with Gasteiger partial charge in [0.25, 0.3) is 0 Å². The Morgan fingerprint density at radius 2 is 1.36 bits per heavy atom. The molecule has 25 heavy (non-hydrogen) atoms. The standard InChI is InChI=1S/C22H36O3/c1-3-5-7-8-9-10-11-12-13-15-20(23)19-16-18(14-6-4-2)17-21(24)22(19)25/h16-17,24-25H,3-15H2,1-2H3. The third-order valence-corrected chi connectivity index (χ3v) is 4.78. The van der Waals surface area contributed by atoms with Crippen LogP contribution in [0.5, 0.6) is 11.5 Å². The first-order valence-corrected chi connectivity index (χ1v) is 10.2. The molecule has 142 valence electrons. The molecule has 0 saturated heterocycles. The largest absolute Gasteiger partial charge is 0.504 e. The second kappa shape index (κ2) is 12.8. The summed E-state index contributed by atoms with van der Waals surface area (Å²) in [6.07, 6.45) is 14.2. The van der Waals surface area contributed by atoms with Crippen molar-refractivity contribution in [3.05, 3.63) is 23.3 Å². The SMILES string of the molecule is CCCCCCCCCCCC(=O)c1cc(CCCC)cc(O)c1O. The number of aromatic hydroxyl groups is 2. The second-order valence-electron chi connectivity index (χ2n) is 7.12. The molecule has 1 aromatic carbocycles. The molecule has 1 rings (SSSR count). The number of carbonyl (C=O) groups is 1. The number of ketones is 1. The summed E-state index contributed by atoms with van der Waals surface area (Å²) in [5, 5.41) is 19.8. The van der Waals surface area contributed by atoms with Crippen LogP contribution in [0.3, 0.4) is 0 Å². The fourth-order valence-corrected chi connectivity index (χ4v) is 3.15. The Hall–Kier alpha value is -1.51. The molecule has 0 unspecified atom stereocenters. The number of carbonyl (C=O) groups excluding carboxylic acids is 1. The lowest BCUT2D eigenvalue weighted by atomic mass is 9.98. The van der Waals surface area contributed by atoms with Crippen LogP contribution in [-0.2, 0) is 6.42 Å². The van der Waals surface area contributed by atoms with Crippen LogP contribution in [0, 0.1) is 0 Å². The van der Waals surface area contributed by atoms with Crippen LogP contribution in [0.2, 0.25) is 0 Å². The van der Waals surface area contributed by atoms with Gasteiger partial charge in [0.05, 0.1) is 5.56 Å². The van der Waals surface area contributed by atoms with Crippen molar-refractivity contribution in [3.8, 4) is 11.5 Å². The molecular formula is C22H36O3. The summed E-state index contributed by atoms with van der Waals surface area (Å²) in [6.45, 7) is 4.34. The van der Waals surface area contributed by atoms with Gasteiger partial charge in [-0.15, -0.1) is 0 Å². The molecule has 0 aromatic heterocycles. The van der Waals surface area contributed by atoms with E-state index in [-0.39, 0.29) is 22.8 Å². The topological polar surface area (TPSA) is 57.5 Å². The van der Waals surface area contributed by atoms with Gasteiger partial charge in [-0.2, -0.15) is 0 Å².